The van der Waals surface area contributed by atoms with Gasteiger partial charge in [0, 0.05) is 64.8 Å². The van der Waals surface area contributed by atoms with E-state index in [9.17, 15) is 0 Å². The molecule has 4 nitrogen and oxygen atoms in total. The Morgan fingerprint density at radius 3 is 2.16 bits per heavy atom. The van der Waals surface area contributed by atoms with Gasteiger partial charge in [-0.15, -0.1) is 0 Å². The molecule has 0 N–H and O–H groups in total. The Kier molecular flexibility index (Phi) is 6.42. The number of rotatable bonds is 5. The lowest BCUT2D eigenvalue weighted by molar-refractivity contribution is 1.14. The van der Waals surface area contributed by atoms with E-state index in [0.29, 0.717) is 0 Å². The SMILES string of the molecule is C/C=C\c1c(N(C)C)c2cc(-c3ccc(-c4cccc5c4c4ccccc4n5-c4ccccc4)cc3)cnc2c2cccnc12. The summed E-state index contributed by atoms with van der Waals surface area (Å²) in [5.41, 5.74) is 12.4. The van der Waals surface area contributed by atoms with Crippen molar-refractivity contribution in [1.29, 1.82) is 0 Å². The van der Waals surface area contributed by atoms with Crippen molar-refractivity contribution in [3.05, 3.63) is 139 Å². The van der Waals surface area contributed by atoms with Crippen LogP contribution in [0.25, 0.3) is 77.6 Å². The second kappa shape index (κ2) is 10.8. The van der Waals surface area contributed by atoms with Crippen LogP contribution in [-0.2, 0) is 0 Å². The van der Waals surface area contributed by atoms with Gasteiger partial charge < -0.3 is 9.47 Å². The molecule has 0 amide bonds. The van der Waals surface area contributed by atoms with E-state index in [2.05, 4.69) is 152 Å². The molecular formula is C41H32N4. The van der Waals surface area contributed by atoms with Crippen LogP contribution in [0.15, 0.2) is 134 Å². The number of benzene rings is 5. The third-order valence-corrected chi connectivity index (χ3v) is 8.74. The number of hydrogen-bond donors (Lipinski definition) is 0. The maximum atomic E-state index is 5.02. The molecule has 0 aliphatic rings. The normalized spacial score (nSPS) is 11.8. The van der Waals surface area contributed by atoms with E-state index in [1.165, 1.54) is 38.6 Å². The molecule has 5 aromatic carbocycles. The minimum Gasteiger partial charge on any atom is -0.377 e. The quantitative estimate of drug-likeness (QED) is 0.190. The van der Waals surface area contributed by atoms with E-state index in [0.717, 1.165) is 44.2 Å². The van der Waals surface area contributed by atoms with Crippen molar-refractivity contribution in [2.24, 2.45) is 0 Å². The molecule has 0 unspecified atom stereocenters. The molecule has 8 rings (SSSR count). The highest BCUT2D eigenvalue weighted by Gasteiger charge is 2.18. The van der Waals surface area contributed by atoms with Gasteiger partial charge in [0.1, 0.15) is 0 Å². The Morgan fingerprint density at radius 2 is 1.36 bits per heavy atom. The monoisotopic (exact) mass is 580 g/mol. The zero-order valence-corrected chi connectivity index (χ0v) is 25.6. The molecule has 0 bridgehead atoms. The maximum absolute atomic E-state index is 5.02. The van der Waals surface area contributed by atoms with Crippen LogP contribution >= 0.6 is 0 Å². The van der Waals surface area contributed by atoms with Crippen LogP contribution in [0.4, 0.5) is 5.69 Å². The topological polar surface area (TPSA) is 34.0 Å². The van der Waals surface area contributed by atoms with Gasteiger partial charge in [-0.05, 0) is 66.1 Å². The Bertz CT molecular complexity index is 2400. The summed E-state index contributed by atoms with van der Waals surface area (Å²) in [5.74, 6) is 0. The van der Waals surface area contributed by atoms with Crippen LogP contribution in [0.3, 0.4) is 0 Å². The van der Waals surface area contributed by atoms with Gasteiger partial charge in [0.15, 0.2) is 0 Å². The molecule has 0 atom stereocenters. The molecule has 3 heterocycles. The number of pyridine rings is 2. The van der Waals surface area contributed by atoms with E-state index < -0.39 is 0 Å². The fraction of sp³-hybridized carbons (Fsp3) is 0.0732. The molecule has 8 aromatic rings. The minimum atomic E-state index is 0.969. The number of fused-ring (bicyclic) bond motifs is 6. The molecule has 216 valence electrons. The summed E-state index contributed by atoms with van der Waals surface area (Å²) in [7, 11) is 4.18. The summed E-state index contributed by atoms with van der Waals surface area (Å²) in [4.78, 5) is 11.9. The predicted octanol–water partition coefficient (Wildman–Crippen LogP) is 10.3. The van der Waals surface area contributed by atoms with Gasteiger partial charge in [0.2, 0.25) is 0 Å². The summed E-state index contributed by atoms with van der Waals surface area (Å²) < 4.78 is 2.37. The smallest absolute Gasteiger partial charge is 0.0817 e. The lowest BCUT2D eigenvalue weighted by Gasteiger charge is -2.21. The number of hydrogen-bond acceptors (Lipinski definition) is 3. The van der Waals surface area contributed by atoms with Crippen LogP contribution in [0.2, 0.25) is 0 Å². The standard InChI is InChI=1S/C41H32N4/c1-4-12-34-39-33(17-11-24-42-39)40-35(41(34)44(2)3)25-29(26-43-40)27-20-22-28(23-21-27)31-16-10-19-37-38(31)32-15-8-9-18-36(32)45(37)30-13-6-5-7-14-30/h4-26H,1-3H3/b12-4-. The molecule has 0 aliphatic carbocycles. The first-order chi connectivity index (χ1) is 22.1. The predicted molar refractivity (Wildman–Crippen MR) is 191 cm³/mol. The molecule has 0 saturated carbocycles. The number of allylic oxidation sites excluding steroid dienone is 1. The van der Waals surface area contributed by atoms with Gasteiger partial charge >= 0.3 is 0 Å². The van der Waals surface area contributed by atoms with Gasteiger partial charge in [0.25, 0.3) is 0 Å². The number of para-hydroxylation sites is 2. The second-order valence-corrected chi connectivity index (χ2v) is 11.6. The number of anilines is 1. The van der Waals surface area contributed by atoms with Gasteiger partial charge in [-0.3, -0.25) is 9.97 Å². The lowest BCUT2D eigenvalue weighted by atomic mass is 9.95. The Labute approximate surface area is 262 Å². The van der Waals surface area contributed by atoms with Crippen LogP contribution in [0, 0.1) is 0 Å². The Hall–Kier alpha value is -5.74. The highest BCUT2D eigenvalue weighted by Crippen LogP contribution is 2.41. The van der Waals surface area contributed by atoms with E-state index >= 15 is 0 Å². The minimum absolute atomic E-state index is 0.969. The van der Waals surface area contributed by atoms with Gasteiger partial charge in [-0.25, -0.2) is 0 Å². The van der Waals surface area contributed by atoms with Crippen LogP contribution < -0.4 is 4.90 Å². The van der Waals surface area contributed by atoms with Crippen LogP contribution in [0.1, 0.15) is 12.5 Å². The van der Waals surface area contributed by atoms with Gasteiger partial charge in [0.05, 0.1) is 27.8 Å². The molecule has 0 radical (unpaired) electrons. The number of nitrogens with zero attached hydrogens (tertiary/aromatic N) is 4. The van der Waals surface area contributed by atoms with Gasteiger partial charge in [-0.1, -0.05) is 84.9 Å². The maximum Gasteiger partial charge on any atom is 0.0817 e. The zero-order chi connectivity index (χ0) is 30.5. The highest BCUT2D eigenvalue weighted by atomic mass is 15.1. The fourth-order valence-corrected chi connectivity index (χ4v) is 6.85. The zero-order valence-electron chi connectivity index (χ0n) is 25.6. The van der Waals surface area contributed by atoms with E-state index in [-0.39, 0.29) is 0 Å². The summed E-state index contributed by atoms with van der Waals surface area (Å²) in [6.45, 7) is 2.05. The highest BCUT2D eigenvalue weighted by molar-refractivity contribution is 6.16. The van der Waals surface area contributed by atoms with Crippen LogP contribution in [0.5, 0.6) is 0 Å². The summed E-state index contributed by atoms with van der Waals surface area (Å²) in [5, 5.41) is 4.71. The molecule has 3 aromatic heterocycles. The third-order valence-electron chi connectivity index (χ3n) is 8.74. The second-order valence-electron chi connectivity index (χ2n) is 11.6. The molecule has 0 spiro atoms. The van der Waals surface area contributed by atoms with Crippen LogP contribution in [-0.4, -0.2) is 28.6 Å². The first-order valence-electron chi connectivity index (χ1n) is 15.3. The van der Waals surface area contributed by atoms with Crippen molar-refractivity contribution in [2.75, 3.05) is 19.0 Å². The van der Waals surface area contributed by atoms with Crippen molar-refractivity contribution in [3.8, 4) is 27.9 Å². The molecule has 45 heavy (non-hydrogen) atoms. The molecule has 0 saturated heterocycles. The largest absolute Gasteiger partial charge is 0.377 e. The van der Waals surface area contributed by atoms with Crippen molar-refractivity contribution < 1.29 is 0 Å². The van der Waals surface area contributed by atoms with Gasteiger partial charge in [-0.2, -0.15) is 0 Å². The fourth-order valence-electron chi connectivity index (χ4n) is 6.85. The molecule has 4 heteroatoms. The van der Waals surface area contributed by atoms with Crippen molar-refractivity contribution >= 4 is 55.4 Å². The van der Waals surface area contributed by atoms with Crippen molar-refractivity contribution in [1.82, 2.24) is 14.5 Å². The Balaban J connectivity index is 1.28. The molecular weight excluding hydrogens is 548 g/mol. The average Bonchev–Trinajstić information content (AvgIpc) is 3.43. The summed E-state index contributed by atoms with van der Waals surface area (Å²) in [6.07, 6.45) is 8.08. The van der Waals surface area contributed by atoms with Crippen molar-refractivity contribution in [3.63, 3.8) is 0 Å². The first kappa shape index (κ1) is 26.9. The van der Waals surface area contributed by atoms with E-state index in [1.807, 2.05) is 18.5 Å². The summed E-state index contributed by atoms with van der Waals surface area (Å²) >= 11 is 0. The Morgan fingerprint density at radius 1 is 0.622 bits per heavy atom. The lowest BCUT2D eigenvalue weighted by Crippen LogP contribution is -2.12. The third kappa shape index (κ3) is 4.29. The summed E-state index contributed by atoms with van der Waals surface area (Å²) in [6, 6.07) is 41.3. The molecule has 0 aliphatic heterocycles. The number of aromatic nitrogens is 3. The van der Waals surface area contributed by atoms with E-state index in [4.69, 9.17) is 9.97 Å². The first-order valence-corrected chi connectivity index (χ1v) is 15.3. The van der Waals surface area contributed by atoms with Crippen molar-refractivity contribution in [2.45, 2.75) is 6.92 Å². The van der Waals surface area contributed by atoms with E-state index in [1.54, 1.807) is 0 Å². The molecule has 0 fully saturated rings. The average molecular weight is 581 g/mol.